The van der Waals surface area contributed by atoms with Crippen LogP contribution in [-0.4, -0.2) is 57.7 Å². The smallest absolute Gasteiger partial charge is 0.363 e. The van der Waals surface area contributed by atoms with Gasteiger partial charge in [0.15, 0.2) is 5.65 Å². The average molecular weight is 354 g/mol. The second-order valence-electron chi connectivity index (χ2n) is 5.12. The topological polar surface area (TPSA) is 84.7 Å². The van der Waals surface area contributed by atoms with Gasteiger partial charge in [-0.05, 0) is 20.2 Å². The van der Waals surface area contributed by atoms with Gasteiger partial charge in [0, 0.05) is 20.3 Å². The Kier molecular flexibility index (Phi) is 5.47. The molecule has 0 fully saturated rings. The number of fused-ring (bicyclic) bond motifs is 1. The van der Waals surface area contributed by atoms with Crippen LogP contribution in [-0.2, 0) is 6.18 Å². The molecule has 0 saturated heterocycles. The van der Waals surface area contributed by atoms with E-state index in [9.17, 15) is 13.2 Å². The zero-order valence-electron chi connectivity index (χ0n) is 14.1. The minimum atomic E-state index is -4.63. The van der Waals surface area contributed by atoms with Crippen LogP contribution in [0.1, 0.15) is 5.82 Å². The van der Waals surface area contributed by atoms with E-state index in [0.29, 0.717) is 5.82 Å². The average Bonchev–Trinajstić information content (AvgIpc) is 2.98. The molecule has 1 N–H and O–H groups in total. The largest absolute Gasteiger partial charge is 0.451 e. The Labute approximate surface area is 141 Å². The van der Waals surface area contributed by atoms with Crippen LogP contribution in [0.5, 0.6) is 0 Å². The molecule has 0 bridgehead atoms. The lowest BCUT2D eigenvalue weighted by Crippen LogP contribution is -2.14. The van der Waals surface area contributed by atoms with E-state index < -0.39 is 12.0 Å². The van der Waals surface area contributed by atoms with E-state index >= 15 is 0 Å². The van der Waals surface area contributed by atoms with Crippen LogP contribution >= 0.6 is 0 Å². The van der Waals surface area contributed by atoms with Crippen LogP contribution in [0.25, 0.3) is 17.1 Å². The molecule has 0 unspecified atom stereocenters. The molecule has 11 heteroatoms. The second-order valence-corrected chi connectivity index (χ2v) is 5.12. The Morgan fingerprint density at radius 3 is 2.36 bits per heavy atom. The lowest BCUT2D eigenvalue weighted by Gasteiger charge is -2.11. The zero-order chi connectivity index (χ0) is 18.6. The maximum Gasteiger partial charge on any atom is 0.451 e. The number of hydrogen-bond donors (Lipinski definition) is 1. The van der Waals surface area contributed by atoms with Crippen LogP contribution in [0.2, 0.25) is 0 Å². The molecule has 0 aliphatic carbocycles. The molecule has 0 atom stereocenters. The minimum absolute atomic E-state index is 0.00164. The summed E-state index contributed by atoms with van der Waals surface area (Å²) in [6.07, 6.45) is -0.781. The van der Waals surface area contributed by atoms with Gasteiger partial charge < -0.3 is 10.2 Å². The third kappa shape index (κ3) is 4.18. The van der Waals surface area contributed by atoms with Crippen molar-refractivity contribution in [1.29, 1.82) is 0 Å². The first kappa shape index (κ1) is 18.5. The highest BCUT2D eigenvalue weighted by molar-refractivity contribution is 5.71. The van der Waals surface area contributed by atoms with Crippen molar-refractivity contribution in [1.82, 2.24) is 34.8 Å². The van der Waals surface area contributed by atoms with Crippen molar-refractivity contribution in [3.63, 3.8) is 0 Å². The van der Waals surface area contributed by atoms with Crippen LogP contribution in [0.4, 0.5) is 19.0 Å². The maximum absolute atomic E-state index is 12.7. The molecule has 0 aliphatic rings. The zero-order valence-corrected chi connectivity index (χ0v) is 14.1. The Morgan fingerprint density at radius 1 is 1.08 bits per heavy atom. The van der Waals surface area contributed by atoms with Gasteiger partial charge in [-0.25, -0.2) is 19.9 Å². The summed E-state index contributed by atoms with van der Waals surface area (Å²) in [5.41, 5.74) is 0.227. The van der Waals surface area contributed by atoms with E-state index in [1.807, 2.05) is 14.1 Å². The number of imidazole rings is 1. The monoisotopic (exact) mass is 354 g/mol. The Morgan fingerprint density at radius 2 is 1.76 bits per heavy atom. The number of aromatic nitrogens is 6. The fourth-order valence-corrected chi connectivity index (χ4v) is 1.80. The van der Waals surface area contributed by atoms with Crippen molar-refractivity contribution in [2.75, 3.05) is 33.1 Å². The van der Waals surface area contributed by atoms with Gasteiger partial charge in [0.25, 0.3) is 0 Å². The van der Waals surface area contributed by atoms with Gasteiger partial charge in [-0.3, -0.25) is 4.57 Å². The molecule has 3 aromatic heterocycles. The number of nitrogens with one attached hydrogen (secondary N) is 1. The molecule has 3 aromatic rings. The van der Waals surface area contributed by atoms with Gasteiger partial charge >= 0.3 is 6.18 Å². The first-order valence-electron chi connectivity index (χ1n) is 7.14. The molecule has 3 heterocycles. The number of alkyl halides is 3. The molecule has 0 radical (unpaired) electrons. The third-order valence-corrected chi connectivity index (χ3v) is 2.85. The first-order chi connectivity index (χ1) is 11.8. The normalized spacial score (nSPS) is 11.2. The number of halogens is 3. The number of rotatable bonds is 2. The number of hydrogen-bond acceptors (Lipinski definition) is 7. The van der Waals surface area contributed by atoms with E-state index in [0.717, 1.165) is 6.20 Å². The minimum Gasteiger partial charge on any atom is -0.363 e. The van der Waals surface area contributed by atoms with Crippen molar-refractivity contribution in [2.24, 2.45) is 0 Å². The fraction of sp³-hybridized carbons (Fsp3) is 0.357. The molecule has 134 valence electrons. The van der Waals surface area contributed by atoms with Crippen molar-refractivity contribution in [3.05, 3.63) is 30.6 Å². The molecule has 0 saturated carbocycles. The second kappa shape index (κ2) is 7.38. The maximum atomic E-state index is 12.7. The van der Waals surface area contributed by atoms with Crippen LogP contribution in [0.15, 0.2) is 24.8 Å². The summed E-state index contributed by atoms with van der Waals surface area (Å²) in [5, 5.41) is 2.75. The van der Waals surface area contributed by atoms with E-state index in [1.54, 1.807) is 25.1 Å². The van der Waals surface area contributed by atoms with Crippen LogP contribution in [0.3, 0.4) is 0 Å². The SMILES string of the molecule is CN(C)c1ccnc(-n2cnc3cnc(C(F)(F)F)nc32)n1.CNC. The predicted molar refractivity (Wildman–Crippen MR) is 86.6 cm³/mol. The third-order valence-electron chi connectivity index (χ3n) is 2.85. The Hall–Kier alpha value is -2.82. The van der Waals surface area contributed by atoms with Gasteiger partial charge in [-0.2, -0.15) is 18.2 Å². The molecule has 3 rings (SSSR count). The standard InChI is InChI=1S/C12H10F3N7.C2H7N/c1-21(2)8-3-4-16-11(19-8)22-6-18-7-5-17-10(12(13,14)15)20-9(7)22;1-3-2/h3-6H,1-2H3;3H,1-2H3. The van der Waals surface area contributed by atoms with Crippen molar-refractivity contribution >= 4 is 17.0 Å². The summed E-state index contributed by atoms with van der Waals surface area (Å²) in [6.45, 7) is 0. The predicted octanol–water partition coefficient (Wildman–Crippen LogP) is 1.53. The molecular weight excluding hydrogens is 337 g/mol. The number of nitrogens with zero attached hydrogens (tertiary/aromatic N) is 7. The number of anilines is 1. The van der Waals surface area contributed by atoms with E-state index in [-0.39, 0.29) is 17.1 Å². The van der Waals surface area contributed by atoms with Crippen molar-refractivity contribution < 1.29 is 13.2 Å². The molecule has 0 aliphatic heterocycles. The van der Waals surface area contributed by atoms with Crippen LogP contribution < -0.4 is 10.2 Å². The summed E-state index contributed by atoms with van der Waals surface area (Å²) < 4.78 is 39.5. The highest BCUT2D eigenvalue weighted by Crippen LogP contribution is 2.27. The van der Waals surface area contributed by atoms with E-state index in [2.05, 4.69) is 30.2 Å². The lowest BCUT2D eigenvalue weighted by molar-refractivity contribution is -0.144. The van der Waals surface area contributed by atoms with Crippen molar-refractivity contribution in [2.45, 2.75) is 6.18 Å². The van der Waals surface area contributed by atoms with Gasteiger partial charge in [0.1, 0.15) is 17.7 Å². The van der Waals surface area contributed by atoms with Gasteiger partial charge in [0.05, 0.1) is 6.20 Å². The van der Waals surface area contributed by atoms with Gasteiger partial charge in [0.2, 0.25) is 11.8 Å². The molecule has 25 heavy (non-hydrogen) atoms. The van der Waals surface area contributed by atoms with E-state index in [1.165, 1.54) is 17.1 Å². The van der Waals surface area contributed by atoms with Gasteiger partial charge in [-0.15, -0.1) is 0 Å². The summed E-state index contributed by atoms with van der Waals surface area (Å²) in [4.78, 5) is 20.8. The van der Waals surface area contributed by atoms with Gasteiger partial charge in [-0.1, -0.05) is 0 Å². The summed E-state index contributed by atoms with van der Waals surface area (Å²) in [6, 6.07) is 1.68. The fourth-order valence-electron chi connectivity index (χ4n) is 1.80. The Balaban J connectivity index is 0.000000701. The first-order valence-corrected chi connectivity index (χ1v) is 7.14. The highest BCUT2D eigenvalue weighted by atomic mass is 19.4. The quantitative estimate of drug-likeness (QED) is 0.747. The highest BCUT2D eigenvalue weighted by Gasteiger charge is 2.35. The summed E-state index contributed by atoms with van der Waals surface area (Å²) in [7, 11) is 7.34. The summed E-state index contributed by atoms with van der Waals surface area (Å²) >= 11 is 0. The molecular formula is C14H17F3N8. The lowest BCUT2D eigenvalue weighted by atomic mass is 10.5. The molecule has 0 spiro atoms. The Bertz CT molecular complexity index is 843. The van der Waals surface area contributed by atoms with Crippen molar-refractivity contribution in [3.8, 4) is 5.95 Å². The van der Waals surface area contributed by atoms with E-state index in [4.69, 9.17) is 0 Å². The molecule has 0 amide bonds. The molecule has 8 nitrogen and oxygen atoms in total. The molecule has 0 aromatic carbocycles. The van der Waals surface area contributed by atoms with Crippen LogP contribution in [0, 0.1) is 0 Å². The summed E-state index contributed by atoms with van der Waals surface area (Å²) in [5.74, 6) is -0.442.